The second-order valence-electron chi connectivity index (χ2n) is 4.95. The summed E-state index contributed by atoms with van der Waals surface area (Å²) >= 11 is 0. The Kier molecular flexibility index (Phi) is 5.16. The van der Waals surface area contributed by atoms with Gasteiger partial charge in [-0.05, 0) is 31.0 Å². The van der Waals surface area contributed by atoms with Gasteiger partial charge in [-0.1, -0.05) is 47.1 Å². The summed E-state index contributed by atoms with van der Waals surface area (Å²) in [4.78, 5) is 4.72. The highest BCUT2D eigenvalue weighted by molar-refractivity contribution is 6.12. The molecule has 0 spiro atoms. The molecule has 0 atom stereocenters. The van der Waals surface area contributed by atoms with Crippen LogP contribution in [0.25, 0.3) is 0 Å². The number of hydrogen-bond donors (Lipinski definition) is 0. The number of benzene rings is 2. The van der Waals surface area contributed by atoms with E-state index >= 15 is 0 Å². The molecule has 0 N–H and O–H groups in total. The van der Waals surface area contributed by atoms with E-state index in [1.807, 2.05) is 56.3 Å². The Morgan fingerprint density at radius 1 is 1.18 bits per heavy atom. The highest BCUT2D eigenvalue weighted by Crippen LogP contribution is 2.21. The molecule has 4 heteroatoms. The van der Waals surface area contributed by atoms with Crippen molar-refractivity contribution in [2.45, 2.75) is 20.5 Å². The zero-order chi connectivity index (χ0) is 15.9. The van der Waals surface area contributed by atoms with Crippen LogP contribution >= 0.6 is 0 Å². The van der Waals surface area contributed by atoms with Crippen LogP contribution in [-0.2, 0) is 11.4 Å². The summed E-state index contributed by atoms with van der Waals surface area (Å²) in [5, 5.41) is 13.0. The molecule has 0 fully saturated rings. The topological polar surface area (TPSA) is 54.6 Å². The van der Waals surface area contributed by atoms with Crippen LogP contribution in [0.3, 0.4) is 0 Å². The van der Waals surface area contributed by atoms with E-state index in [1.54, 1.807) is 0 Å². The lowest BCUT2D eigenvalue weighted by Gasteiger charge is -2.12. The predicted octanol–water partition coefficient (Wildman–Crippen LogP) is 3.76. The monoisotopic (exact) mass is 294 g/mol. The molecule has 0 unspecified atom stereocenters. The molecule has 0 aliphatic heterocycles. The number of nitriles is 1. The fourth-order valence-electron chi connectivity index (χ4n) is 2.22. The van der Waals surface area contributed by atoms with Crippen LogP contribution in [0.4, 0.5) is 0 Å². The maximum atomic E-state index is 9.19. The summed E-state index contributed by atoms with van der Waals surface area (Å²) in [6, 6.07) is 15.6. The fraction of sp³-hybridized carbons (Fsp3) is 0.222. The van der Waals surface area contributed by atoms with Crippen molar-refractivity contribution < 1.29 is 9.57 Å². The van der Waals surface area contributed by atoms with Crippen LogP contribution < -0.4 is 4.74 Å². The predicted molar refractivity (Wildman–Crippen MR) is 85.8 cm³/mol. The summed E-state index contributed by atoms with van der Waals surface area (Å²) in [7, 11) is 1.42. The molecule has 0 amide bonds. The molecule has 2 rings (SSSR count). The van der Waals surface area contributed by atoms with E-state index in [4.69, 9.17) is 9.57 Å². The normalized spacial score (nSPS) is 10.9. The minimum Gasteiger partial charge on any atom is -0.489 e. The number of nitrogens with zero attached hydrogens (tertiary/aromatic N) is 2. The lowest BCUT2D eigenvalue weighted by Crippen LogP contribution is -2.06. The minimum absolute atomic E-state index is 0.238. The van der Waals surface area contributed by atoms with Crippen LogP contribution in [-0.4, -0.2) is 12.8 Å². The Balaban J connectivity index is 2.24. The maximum Gasteiger partial charge on any atom is 0.187 e. The van der Waals surface area contributed by atoms with Crippen LogP contribution in [0.1, 0.15) is 22.3 Å². The average Bonchev–Trinajstić information content (AvgIpc) is 2.52. The van der Waals surface area contributed by atoms with Crippen LogP contribution in [0.2, 0.25) is 0 Å². The Labute approximate surface area is 130 Å². The summed E-state index contributed by atoms with van der Waals surface area (Å²) in [5.74, 6) is 0.836. The van der Waals surface area contributed by atoms with Gasteiger partial charge < -0.3 is 9.57 Å². The van der Waals surface area contributed by atoms with E-state index in [9.17, 15) is 5.26 Å². The molecule has 112 valence electrons. The largest absolute Gasteiger partial charge is 0.489 e. The molecule has 0 saturated carbocycles. The number of hydrogen-bond acceptors (Lipinski definition) is 4. The van der Waals surface area contributed by atoms with Gasteiger partial charge >= 0.3 is 0 Å². The summed E-state index contributed by atoms with van der Waals surface area (Å²) in [5.41, 5.74) is 4.13. The Morgan fingerprint density at radius 2 is 1.95 bits per heavy atom. The summed E-state index contributed by atoms with van der Waals surface area (Å²) < 4.78 is 5.89. The molecule has 0 saturated heterocycles. The van der Waals surface area contributed by atoms with Crippen molar-refractivity contribution in [2.75, 3.05) is 7.11 Å². The average molecular weight is 294 g/mol. The van der Waals surface area contributed by atoms with Crippen molar-refractivity contribution in [3.63, 3.8) is 0 Å². The number of ether oxygens (including phenoxy) is 1. The van der Waals surface area contributed by atoms with Gasteiger partial charge in [0, 0.05) is 5.56 Å². The Hall–Kier alpha value is -2.80. The smallest absolute Gasteiger partial charge is 0.187 e. The van der Waals surface area contributed by atoms with Gasteiger partial charge in [-0.2, -0.15) is 5.26 Å². The summed E-state index contributed by atoms with van der Waals surface area (Å²) in [6.07, 6.45) is 0. The molecule has 0 heterocycles. The lowest BCUT2D eigenvalue weighted by molar-refractivity contribution is 0.214. The molecule has 0 bridgehead atoms. The van der Waals surface area contributed by atoms with Crippen molar-refractivity contribution in [1.82, 2.24) is 0 Å². The van der Waals surface area contributed by atoms with E-state index in [1.165, 1.54) is 12.7 Å². The number of oxime groups is 1. The molecular formula is C18H18N2O2. The molecule has 4 nitrogen and oxygen atoms in total. The summed E-state index contributed by atoms with van der Waals surface area (Å²) in [6.45, 7) is 4.43. The lowest BCUT2D eigenvalue weighted by atomic mass is 10.0. The van der Waals surface area contributed by atoms with E-state index in [0.29, 0.717) is 6.61 Å². The van der Waals surface area contributed by atoms with E-state index in [-0.39, 0.29) is 5.71 Å². The SMILES string of the molecule is CO/N=C(/C#N)c1ccccc1COc1ccc(C)cc1C. The first-order valence-electron chi connectivity index (χ1n) is 6.95. The first-order chi connectivity index (χ1) is 10.7. The van der Waals surface area contributed by atoms with Crippen molar-refractivity contribution in [2.24, 2.45) is 5.16 Å². The molecular weight excluding hydrogens is 276 g/mol. The van der Waals surface area contributed by atoms with Gasteiger partial charge in [0.2, 0.25) is 0 Å². The standard InChI is InChI=1S/C18H18N2O2/c1-13-8-9-18(14(2)10-13)22-12-15-6-4-5-7-16(15)17(11-19)20-21-3/h4-10H,12H2,1-3H3/b20-17-. The van der Waals surface area contributed by atoms with E-state index in [0.717, 1.165) is 22.4 Å². The third-order valence-corrected chi connectivity index (χ3v) is 3.27. The molecule has 2 aromatic rings. The zero-order valence-corrected chi connectivity index (χ0v) is 13.0. The van der Waals surface area contributed by atoms with Gasteiger partial charge in [-0.3, -0.25) is 0 Å². The van der Waals surface area contributed by atoms with Gasteiger partial charge in [0.05, 0.1) is 0 Å². The maximum absolute atomic E-state index is 9.19. The van der Waals surface area contributed by atoms with Gasteiger partial charge in [-0.15, -0.1) is 0 Å². The second kappa shape index (κ2) is 7.28. The molecule has 0 radical (unpaired) electrons. The zero-order valence-electron chi connectivity index (χ0n) is 13.0. The van der Waals surface area contributed by atoms with Gasteiger partial charge in [0.1, 0.15) is 25.5 Å². The van der Waals surface area contributed by atoms with Crippen molar-refractivity contribution in [1.29, 1.82) is 5.26 Å². The fourth-order valence-corrected chi connectivity index (χ4v) is 2.22. The van der Waals surface area contributed by atoms with Gasteiger partial charge in [0.25, 0.3) is 0 Å². The van der Waals surface area contributed by atoms with E-state index < -0.39 is 0 Å². The first kappa shape index (κ1) is 15.6. The van der Waals surface area contributed by atoms with Gasteiger partial charge in [0.15, 0.2) is 5.71 Å². The van der Waals surface area contributed by atoms with Crippen molar-refractivity contribution >= 4 is 5.71 Å². The first-order valence-corrected chi connectivity index (χ1v) is 6.95. The minimum atomic E-state index is 0.238. The van der Waals surface area contributed by atoms with Crippen LogP contribution in [0.15, 0.2) is 47.6 Å². The molecule has 22 heavy (non-hydrogen) atoms. The Morgan fingerprint density at radius 3 is 2.64 bits per heavy atom. The molecule has 0 aliphatic carbocycles. The third kappa shape index (κ3) is 3.64. The second-order valence-corrected chi connectivity index (χ2v) is 4.95. The molecule has 0 aliphatic rings. The van der Waals surface area contributed by atoms with Crippen molar-refractivity contribution in [3.8, 4) is 11.8 Å². The highest BCUT2D eigenvalue weighted by Gasteiger charge is 2.10. The van der Waals surface area contributed by atoms with Crippen molar-refractivity contribution in [3.05, 3.63) is 64.7 Å². The number of rotatable bonds is 5. The molecule has 0 aromatic heterocycles. The highest BCUT2D eigenvalue weighted by atomic mass is 16.6. The number of aryl methyl sites for hydroxylation is 2. The van der Waals surface area contributed by atoms with E-state index in [2.05, 4.69) is 11.2 Å². The van der Waals surface area contributed by atoms with Crippen LogP contribution in [0.5, 0.6) is 5.75 Å². The Bertz CT molecular complexity index is 730. The van der Waals surface area contributed by atoms with Gasteiger partial charge in [-0.25, -0.2) is 0 Å². The molecule has 2 aromatic carbocycles. The quantitative estimate of drug-likeness (QED) is 0.623. The van der Waals surface area contributed by atoms with Crippen LogP contribution in [0, 0.1) is 25.2 Å². The third-order valence-electron chi connectivity index (χ3n) is 3.27.